The van der Waals surface area contributed by atoms with Crippen molar-refractivity contribution < 1.29 is 50.7 Å². The van der Waals surface area contributed by atoms with E-state index in [1.807, 2.05) is 13.1 Å². The van der Waals surface area contributed by atoms with Gasteiger partial charge in [-0.1, -0.05) is 0 Å². The molecule has 0 spiro atoms. The summed E-state index contributed by atoms with van der Waals surface area (Å²) < 4.78 is 49.5. The van der Waals surface area contributed by atoms with Crippen molar-refractivity contribution in [2.75, 3.05) is 46.2 Å². The largest absolute Gasteiger partial charge is 0.508 e. The molecule has 2 atom stereocenters. The minimum Gasteiger partial charge on any atom is -0.436 e. The topological polar surface area (TPSA) is 117 Å². The molecule has 2 heterocycles. The van der Waals surface area contributed by atoms with Crippen LogP contribution in [0.3, 0.4) is 0 Å². The normalized spacial score (nSPS) is 21.2. The molecule has 34 heavy (non-hydrogen) atoms. The van der Waals surface area contributed by atoms with E-state index in [4.69, 9.17) is 41.1 Å². The zero-order valence-corrected chi connectivity index (χ0v) is 24.2. The van der Waals surface area contributed by atoms with Crippen LogP contribution >= 0.6 is 0 Å². The lowest BCUT2D eigenvalue weighted by Gasteiger charge is -2.38. The van der Waals surface area contributed by atoms with Gasteiger partial charge in [0.25, 0.3) is 0 Å². The monoisotopic (exact) mass is 540 g/mol. The van der Waals surface area contributed by atoms with Gasteiger partial charge >= 0.3 is 29.4 Å². The first kappa shape index (κ1) is 29.2. The fraction of sp³-hybridized carbons (Fsp3) is 0.900. The van der Waals surface area contributed by atoms with Crippen molar-refractivity contribution in [1.29, 1.82) is 0 Å². The molecule has 2 unspecified atom stereocenters. The maximum atomic E-state index is 10.9. The number of hydrogen-bond acceptors (Lipinski definition) is 11. The molecule has 0 radical (unpaired) electrons. The molecule has 0 saturated carbocycles. The Hall–Kier alpha value is -1.01. The van der Waals surface area contributed by atoms with E-state index in [1.165, 1.54) is 0 Å². The van der Waals surface area contributed by atoms with E-state index in [0.29, 0.717) is 33.0 Å². The Balaban J connectivity index is 1.57. The van der Waals surface area contributed by atoms with Gasteiger partial charge in [-0.05, 0) is 58.2 Å². The van der Waals surface area contributed by atoms with Crippen LogP contribution in [-0.2, 0) is 41.1 Å². The number of carbonyl (C=O) groups is 2. The Kier molecular flexibility index (Phi) is 11.5. The van der Waals surface area contributed by atoms with Crippen molar-refractivity contribution in [3.05, 3.63) is 0 Å². The SMILES string of the molecule is C[Si](C)(CCCOCC1COC(=O)O1)O[Si](C)(C)O[Si](C)(C)OCCCOCC1COC(=O)O1. The number of carbonyl (C=O) groups excluding carboxylic acids is 2. The van der Waals surface area contributed by atoms with Crippen molar-refractivity contribution in [2.45, 2.75) is 70.4 Å². The summed E-state index contributed by atoms with van der Waals surface area (Å²) in [5.74, 6) is 0. The van der Waals surface area contributed by atoms with Gasteiger partial charge in [-0.2, -0.15) is 0 Å². The molecule has 0 aromatic rings. The molecule has 2 aliphatic rings. The third kappa shape index (κ3) is 12.1. The highest BCUT2D eigenvalue weighted by Crippen LogP contribution is 2.24. The van der Waals surface area contributed by atoms with E-state index in [1.54, 1.807) is 0 Å². The van der Waals surface area contributed by atoms with E-state index < -0.39 is 37.7 Å². The minimum absolute atomic E-state index is 0.239. The van der Waals surface area contributed by atoms with Crippen LogP contribution in [0.25, 0.3) is 0 Å². The second-order valence-electron chi connectivity index (χ2n) is 9.82. The summed E-state index contributed by atoms with van der Waals surface area (Å²) in [4.78, 5) is 21.8. The van der Waals surface area contributed by atoms with E-state index in [-0.39, 0.29) is 25.4 Å². The van der Waals surface area contributed by atoms with Gasteiger partial charge < -0.3 is 41.1 Å². The smallest absolute Gasteiger partial charge is 0.436 e. The zero-order valence-electron chi connectivity index (χ0n) is 21.2. The van der Waals surface area contributed by atoms with Crippen LogP contribution in [-0.4, -0.2) is 96.2 Å². The number of cyclic esters (lactones) is 4. The van der Waals surface area contributed by atoms with E-state index in [0.717, 1.165) is 18.9 Å². The summed E-state index contributed by atoms with van der Waals surface area (Å²) >= 11 is 0. The third-order valence-corrected chi connectivity index (χ3v) is 15.4. The lowest BCUT2D eigenvalue weighted by molar-refractivity contribution is 0.0401. The molecule has 0 aromatic heterocycles. The first-order chi connectivity index (χ1) is 15.9. The molecule has 198 valence electrons. The minimum atomic E-state index is -2.38. The third-order valence-electron chi connectivity index (χ3n) is 4.87. The van der Waals surface area contributed by atoms with Crippen LogP contribution < -0.4 is 0 Å². The van der Waals surface area contributed by atoms with Gasteiger partial charge in [-0.15, -0.1) is 0 Å². The Morgan fingerprint density at radius 3 is 1.76 bits per heavy atom. The molecular formula is C20H40O11Si3. The summed E-state index contributed by atoms with van der Waals surface area (Å²) in [6.45, 7) is 15.4. The zero-order chi connectivity index (χ0) is 25.2. The van der Waals surface area contributed by atoms with Crippen molar-refractivity contribution in [3.63, 3.8) is 0 Å². The molecule has 0 bridgehead atoms. The van der Waals surface area contributed by atoms with Crippen LogP contribution in [0.5, 0.6) is 0 Å². The van der Waals surface area contributed by atoms with Crippen LogP contribution in [0.15, 0.2) is 0 Å². The Morgan fingerprint density at radius 1 is 0.735 bits per heavy atom. The van der Waals surface area contributed by atoms with E-state index in [9.17, 15) is 9.59 Å². The molecule has 0 N–H and O–H groups in total. The highest BCUT2D eigenvalue weighted by molar-refractivity contribution is 6.86. The number of ether oxygens (including phenoxy) is 6. The Labute approximate surface area is 205 Å². The van der Waals surface area contributed by atoms with Gasteiger partial charge in [0.1, 0.15) is 13.2 Å². The van der Waals surface area contributed by atoms with Crippen molar-refractivity contribution in [3.8, 4) is 0 Å². The van der Waals surface area contributed by atoms with Gasteiger partial charge in [0.2, 0.25) is 0 Å². The lowest BCUT2D eigenvalue weighted by Crippen LogP contribution is -2.53. The maximum absolute atomic E-state index is 10.9. The Bertz CT molecular complexity index is 660. The lowest BCUT2D eigenvalue weighted by atomic mass is 10.4. The second-order valence-corrected chi connectivity index (χ2v) is 21.4. The fourth-order valence-corrected chi connectivity index (χ4v) is 16.6. The van der Waals surface area contributed by atoms with Crippen molar-refractivity contribution in [1.82, 2.24) is 0 Å². The first-order valence-corrected chi connectivity index (χ1v) is 20.5. The Morgan fingerprint density at radius 2 is 1.26 bits per heavy atom. The molecule has 0 aliphatic carbocycles. The molecule has 11 nitrogen and oxygen atoms in total. The standard InChI is InChI=1S/C20H40O11Si3/c1-32(2,12-8-10-24-14-18-16-26-20(22)29-18)30-34(5,6)31-33(3,4)27-11-7-9-23-13-17-15-25-19(21)28-17/h17-18H,7-16H2,1-6H3. The van der Waals surface area contributed by atoms with Gasteiger partial charge in [-0.25, -0.2) is 9.59 Å². The predicted molar refractivity (Wildman–Crippen MR) is 129 cm³/mol. The van der Waals surface area contributed by atoms with Crippen molar-refractivity contribution >= 4 is 37.7 Å². The van der Waals surface area contributed by atoms with Crippen LogP contribution in [0.1, 0.15) is 12.8 Å². The van der Waals surface area contributed by atoms with Crippen LogP contribution in [0.4, 0.5) is 9.59 Å². The fourth-order valence-electron chi connectivity index (χ4n) is 3.76. The molecule has 2 fully saturated rings. The highest BCUT2D eigenvalue weighted by Gasteiger charge is 2.40. The van der Waals surface area contributed by atoms with E-state index in [2.05, 4.69) is 26.2 Å². The average Bonchev–Trinajstić information content (AvgIpc) is 3.30. The molecule has 2 aliphatic heterocycles. The molecule has 0 amide bonds. The highest BCUT2D eigenvalue weighted by atomic mass is 28.5. The van der Waals surface area contributed by atoms with Crippen LogP contribution in [0.2, 0.25) is 45.3 Å². The first-order valence-electron chi connectivity index (χ1n) is 11.7. The maximum Gasteiger partial charge on any atom is 0.508 e. The van der Waals surface area contributed by atoms with Gasteiger partial charge in [0.05, 0.1) is 13.2 Å². The molecule has 2 rings (SSSR count). The molecule has 0 aromatic carbocycles. The van der Waals surface area contributed by atoms with Crippen LogP contribution in [0, 0.1) is 0 Å². The van der Waals surface area contributed by atoms with E-state index >= 15 is 0 Å². The summed E-state index contributed by atoms with van der Waals surface area (Å²) in [5, 5.41) is 0. The van der Waals surface area contributed by atoms with Gasteiger partial charge in [0.15, 0.2) is 20.5 Å². The second kappa shape index (κ2) is 13.3. The van der Waals surface area contributed by atoms with Gasteiger partial charge in [0, 0.05) is 19.8 Å². The molecular weight excluding hydrogens is 500 g/mol. The summed E-state index contributed by atoms with van der Waals surface area (Å²) in [6, 6.07) is 0.940. The molecule has 2 saturated heterocycles. The predicted octanol–water partition coefficient (Wildman–Crippen LogP) is 3.53. The quantitative estimate of drug-likeness (QED) is 0.153. The number of rotatable bonds is 17. The van der Waals surface area contributed by atoms with Crippen molar-refractivity contribution in [2.24, 2.45) is 0 Å². The summed E-state index contributed by atoms with van der Waals surface area (Å²) in [7, 11) is -6.69. The summed E-state index contributed by atoms with van der Waals surface area (Å²) in [6.07, 6.45) is -0.318. The molecule has 14 heteroatoms. The number of hydrogen-bond donors (Lipinski definition) is 0. The average molecular weight is 541 g/mol. The van der Waals surface area contributed by atoms with Gasteiger partial charge in [-0.3, -0.25) is 0 Å². The summed E-state index contributed by atoms with van der Waals surface area (Å²) in [5.41, 5.74) is 0.